The molecule has 194 valence electrons. The second-order valence-corrected chi connectivity index (χ2v) is 9.21. The number of carbonyl (C=O) groups is 1. The van der Waals surface area contributed by atoms with Crippen LogP contribution in [0.15, 0.2) is 60.8 Å². The zero-order chi connectivity index (χ0) is 27.4. The number of para-hydroxylation sites is 2. The molecule has 4 aromatic rings. The van der Waals surface area contributed by atoms with E-state index in [2.05, 4.69) is 22.1 Å². The highest BCUT2D eigenvalue weighted by Gasteiger charge is 2.22. The summed E-state index contributed by atoms with van der Waals surface area (Å²) in [5.41, 5.74) is 0.913. The summed E-state index contributed by atoms with van der Waals surface area (Å²) in [7, 11) is 3.11. The van der Waals surface area contributed by atoms with Crippen molar-refractivity contribution in [3.63, 3.8) is 0 Å². The molecule has 4 rings (SSSR count). The molecular weight excluding hydrogens is 488 g/mol. The minimum atomic E-state index is -0.739. The second-order valence-electron chi connectivity index (χ2n) is 9.21. The maximum atomic E-state index is 13.1. The monoisotopic (exact) mass is 514 g/mol. The minimum absolute atomic E-state index is 0.0998. The number of ether oxygens (including phenoxy) is 3. The highest BCUT2D eigenvalue weighted by Crippen LogP contribution is 2.29. The van der Waals surface area contributed by atoms with Crippen LogP contribution < -0.4 is 14.8 Å². The van der Waals surface area contributed by atoms with Crippen LogP contribution in [0.3, 0.4) is 0 Å². The minimum Gasteiger partial charge on any atom is -0.497 e. The number of fused-ring (bicyclic) bond motifs is 1. The van der Waals surface area contributed by atoms with Crippen LogP contribution in [0.1, 0.15) is 31.9 Å². The number of aromatic nitrogens is 2. The third-order valence-electron chi connectivity index (χ3n) is 5.30. The van der Waals surface area contributed by atoms with Crippen LogP contribution in [0, 0.1) is 22.0 Å². The van der Waals surface area contributed by atoms with Gasteiger partial charge in [0, 0.05) is 29.3 Å². The number of nitrogens with one attached hydrogen (secondary N) is 1. The Morgan fingerprint density at radius 3 is 2.34 bits per heavy atom. The lowest BCUT2D eigenvalue weighted by atomic mass is 10.1. The van der Waals surface area contributed by atoms with Gasteiger partial charge in [0.05, 0.1) is 24.7 Å². The Bertz CT molecular complexity index is 1570. The van der Waals surface area contributed by atoms with Crippen LogP contribution in [-0.2, 0) is 4.74 Å². The van der Waals surface area contributed by atoms with Gasteiger partial charge < -0.3 is 19.5 Å². The topological polar surface area (TPSA) is 118 Å². The van der Waals surface area contributed by atoms with Crippen LogP contribution in [0.5, 0.6) is 11.5 Å². The number of nitrogens with zero attached hydrogens (tertiary/aromatic N) is 3. The summed E-state index contributed by atoms with van der Waals surface area (Å²) in [6, 6.07) is 14.9. The van der Waals surface area contributed by atoms with Crippen molar-refractivity contribution in [2.45, 2.75) is 26.4 Å². The molecule has 38 heavy (non-hydrogen) atoms. The van der Waals surface area contributed by atoms with Crippen LogP contribution in [0.2, 0.25) is 0 Å². The molecule has 0 saturated heterocycles. The Morgan fingerprint density at radius 2 is 1.71 bits per heavy atom. The molecule has 2 aromatic carbocycles. The zero-order valence-corrected chi connectivity index (χ0v) is 21.6. The van der Waals surface area contributed by atoms with Crippen LogP contribution in [-0.4, -0.2) is 40.4 Å². The maximum absolute atomic E-state index is 13.1. The van der Waals surface area contributed by atoms with E-state index in [0.717, 1.165) is 0 Å². The highest BCUT2D eigenvalue weighted by molar-refractivity contribution is 5.92. The summed E-state index contributed by atoms with van der Waals surface area (Å²) >= 11 is 0. The van der Waals surface area contributed by atoms with Crippen LogP contribution in [0.4, 0.5) is 22.0 Å². The van der Waals surface area contributed by atoms with Crippen molar-refractivity contribution < 1.29 is 23.9 Å². The lowest BCUT2D eigenvalue weighted by Crippen LogP contribution is -2.26. The molecule has 0 radical (unpaired) electrons. The van der Waals surface area contributed by atoms with Crippen molar-refractivity contribution in [3.8, 4) is 23.3 Å². The number of anilines is 2. The molecule has 0 bridgehead atoms. The van der Waals surface area contributed by atoms with Crippen molar-refractivity contribution in [1.82, 2.24) is 9.55 Å². The van der Waals surface area contributed by atoms with E-state index in [0.29, 0.717) is 33.8 Å². The summed E-state index contributed by atoms with van der Waals surface area (Å²) in [4.78, 5) is 28.6. The van der Waals surface area contributed by atoms with Crippen molar-refractivity contribution in [3.05, 3.63) is 82.0 Å². The smallest absolute Gasteiger partial charge is 0.420 e. The molecule has 10 nitrogen and oxygen atoms in total. The van der Waals surface area contributed by atoms with Gasteiger partial charge in [0.25, 0.3) is 5.69 Å². The molecule has 0 aliphatic carbocycles. The SMILES string of the molecule is COc1cc(C#Cc2cn(C(=O)OC(C)(C)C)c3nc(Nc4ccccc4[N+](=O)[O-])ccc23)cc(OC)c1. The molecule has 1 N–H and O–H groups in total. The number of hydrogen-bond donors (Lipinski definition) is 1. The first-order chi connectivity index (χ1) is 18.1. The van der Waals surface area contributed by atoms with Gasteiger partial charge in [-0.15, -0.1) is 0 Å². The summed E-state index contributed by atoms with van der Waals surface area (Å²) < 4.78 is 17.5. The number of carbonyl (C=O) groups excluding carboxylic acids is 1. The summed E-state index contributed by atoms with van der Waals surface area (Å²) in [5.74, 6) is 7.68. The van der Waals surface area contributed by atoms with Gasteiger partial charge in [-0.1, -0.05) is 24.0 Å². The molecule has 2 aromatic heterocycles. The van der Waals surface area contributed by atoms with Gasteiger partial charge in [-0.3, -0.25) is 10.1 Å². The zero-order valence-electron chi connectivity index (χ0n) is 21.6. The molecule has 0 atom stereocenters. The van der Waals surface area contributed by atoms with Crippen molar-refractivity contribution >= 4 is 34.3 Å². The number of nitro groups is 1. The van der Waals surface area contributed by atoms with E-state index in [1.54, 1.807) is 89.7 Å². The Kier molecular flexibility index (Phi) is 7.21. The Balaban J connectivity index is 1.80. The van der Waals surface area contributed by atoms with Gasteiger partial charge in [-0.25, -0.2) is 14.3 Å². The predicted octanol–water partition coefficient (Wildman–Crippen LogP) is 5.89. The van der Waals surface area contributed by atoms with E-state index in [1.807, 2.05) is 0 Å². The maximum Gasteiger partial charge on any atom is 0.420 e. The molecule has 0 saturated carbocycles. The number of methoxy groups -OCH3 is 2. The fourth-order valence-electron chi connectivity index (χ4n) is 3.62. The number of hydrogen-bond acceptors (Lipinski definition) is 8. The van der Waals surface area contributed by atoms with E-state index < -0.39 is 16.6 Å². The molecule has 0 amide bonds. The first kappa shape index (κ1) is 26.0. The fourth-order valence-corrected chi connectivity index (χ4v) is 3.62. The van der Waals surface area contributed by atoms with Gasteiger partial charge in [0.1, 0.15) is 28.6 Å². The van der Waals surface area contributed by atoms with E-state index in [-0.39, 0.29) is 17.0 Å². The van der Waals surface area contributed by atoms with Crippen LogP contribution >= 0.6 is 0 Å². The molecule has 0 fully saturated rings. The third kappa shape index (κ3) is 5.84. The molecule has 0 aliphatic rings. The molecule has 0 aliphatic heterocycles. The first-order valence-corrected chi connectivity index (χ1v) is 11.6. The summed E-state index contributed by atoms with van der Waals surface area (Å²) in [6.45, 7) is 5.30. The quantitative estimate of drug-likeness (QED) is 0.199. The standard InChI is InChI=1S/C28H26N4O6/c1-28(2,3)38-27(33)31-17-19(11-10-18-14-20(36-4)16-21(15-18)37-5)22-12-13-25(30-26(22)31)29-23-8-6-7-9-24(23)32(34)35/h6-9,12-17H,1-5H3,(H,29,30). The van der Waals surface area contributed by atoms with Crippen molar-refractivity contribution in [2.75, 3.05) is 19.5 Å². The van der Waals surface area contributed by atoms with Gasteiger partial charge >= 0.3 is 6.09 Å². The van der Waals surface area contributed by atoms with E-state index in [4.69, 9.17) is 14.2 Å². The van der Waals surface area contributed by atoms with Crippen molar-refractivity contribution in [1.29, 1.82) is 0 Å². The lowest BCUT2D eigenvalue weighted by molar-refractivity contribution is -0.383. The van der Waals surface area contributed by atoms with Gasteiger partial charge in [0.15, 0.2) is 5.65 Å². The predicted molar refractivity (Wildman–Crippen MR) is 143 cm³/mol. The van der Waals surface area contributed by atoms with E-state index >= 15 is 0 Å². The van der Waals surface area contributed by atoms with Gasteiger partial charge in [-0.05, 0) is 51.1 Å². The average molecular weight is 515 g/mol. The van der Waals surface area contributed by atoms with E-state index in [9.17, 15) is 14.9 Å². The Morgan fingerprint density at radius 1 is 1.03 bits per heavy atom. The normalized spacial score (nSPS) is 10.9. The number of nitro benzene ring substituents is 1. The molecule has 2 heterocycles. The van der Waals surface area contributed by atoms with Gasteiger partial charge in [-0.2, -0.15) is 0 Å². The Labute approximate surface area is 219 Å². The third-order valence-corrected chi connectivity index (χ3v) is 5.30. The number of pyridine rings is 1. The van der Waals surface area contributed by atoms with Gasteiger partial charge in [0.2, 0.25) is 0 Å². The average Bonchev–Trinajstić information content (AvgIpc) is 3.24. The van der Waals surface area contributed by atoms with Crippen molar-refractivity contribution in [2.24, 2.45) is 0 Å². The molecule has 0 spiro atoms. The summed E-state index contributed by atoms with van der Waals surface area (Å²) in [6.07, 6.45) is 0.930. The molecular formula is C28H26N4O6. The summed E-state index contributed by atoms with van der Waals surface area (Å²) in [5, 5.41) is 15.0. The molecule has 0 unspecified atom stereocenters. The highest BCUT2D eigenvalue weighted by atomic mass is 16.6. The number of rotatable bonds is 5. The fraction of sp³-hybridized carbons (Fsp3) is 0.214. The first-order valence-electron chi connectivity index (χ1n) is 11.6. The molecule has 10 heteroatoms. The number of benzene rings is 2. The van der Waals surface area contributed by atoms with Crippen LogP contribution in [0.25, 0.3) is 11.0 Å². The van der Waals surface area contributed by atoms with E-state index in [1.165, 1.54) is 10.6 Å². The Hall–Kier alpha value is -5.04. The second kappa shape index (κ2) is 10.5. The largest absolute Gasteiger partial charge is 0.497 e. The lowest BCUT2D eigenvalue weighted by Gasteiger charge is -2.19.